The molecule has 1 atom stereocenters. The lowest BCUT2D eigenvalue weighted by Gasteiger charge is -2.41. The molecule has 1 saturated carbocycles. The third-order valence-corrected chi connectivity index (χ3v) is 5.80. The highest BCUT2D eigenvalue weighted by Crippen LogP contribution is 2.36. The van der Waals surface area contributed by atoms with Crippen molar-refractivity contribution in [1.82, 2.24) is 10.2 Å². The molecule has 0 amide bonds. The lowest BCUT2D eigenvalue weighted by molar-refractivity contribution is -0.117. The molecule has 1 unspecified atom stereocenters. The topological polar surface area (TPSA) is 32.3 Å². The van der Waals surface area contributed by atoms with Gasteiger partial charge in [0, 0.05) is 30.3 Å². The zero-order chi connectivity index (χ0) is 15.6. The summed E-state index contributed by atoms with van der Waals surface area (Å²) in [5.41, 5.74) is 3.57. The van der Waals surface area contributed by atoms with Gasteiger partial charge in [-0.2, -0.15) is 0 Å². The molecule has 1 aliphatic heterocycles. The maximum Gasteiger partial charge on any atom is 0.162 e. The van der Waals surface area contributed by atoms with Crippen LogP contribution in [0.1, 0.15) is 56.4 Å². The minimum Gasteiger partial charge on any atom is -0.375 e. The van der Waals surface area contributed by atoms with E-state index in [4.69, 9.17) is 0 Å². The standard InChI is InChI=1S/C20H26N2O/c23-20-12-16(15-7-3-1-4-8-15)11-19-18(20)13-22(14-21-19)17-9-5-2-6-10-17/h1,3-4,7-8,16-17,21H,2,5-6,9-14H2. The molecule has 4 rings (SSSR count). The molecule has 3 heteroatoms. The Labute approximate surface area is 138 Å². The van der Waals surface area contributed by atoms with Crippen LogP contribution in [0.5, 0.6) is 0 Å². The summed E-state index contributed by atoms with van der Waals surface area (Å²) in [5, 5.41) is 3.58. The summed E-state index contributed by atoms with van der Waals surface area (Å²) >= 11 is 0. The molecule has 0 bridgehead atoms. The fourth-order valence-corrected chi connectivity index (χ4v) is 4.44. The molecule has 0 spiro atoms. The Morgan fingerprint density at radius 2 is 1.78 bits per heavy atom. The molecule has 1 heterocycles. The highest BCUT2D eigenvalue weighted by atomic mass is 16.1. The van der Waals surface area contributed by atoms with E-state index < -0.39 is 0 Å². The number of rotatable bonds is 2. The van der Waals surface area contributed by atoms with E-state index in [0.717, 1.165) is 25.2 Å². The van der Waals surface area contributed by atoms with E-state index in [-0.39, 0.29) is 0 Å². The predicted octanol–water partition coefficient (Wildman–Crippen LogP) is 3.58. The number of carbonyl (C=O) groups is 1. The first-order valence-electron chi connectivity index (χ1n) is 9.09. The van der Waals surface area contributed by atoms with Gasteiger partial charge in [0.2, 0.25) is 0 Å². The molecule has 1 N–H and O–H groups in total. The van der Waals surface area contributed by atoms with Crippen LogP contribution in [0, 0.1) is 0 Å². The summed E-state index contributed by atoms with van der Waals surface area (Å²) < 4.78 is 0. The summed E-state index contributed by atoms with van der Waals surface area (Å²) in [6.45, 7) is 1.78. The van der Waals surface area contributed by atoms with Gasteiger partial charge in [0.05, 0.1) is 6.67 Å². The van der Waals surface area contributed by atoms with Crippen LogP contribution in [0.25, 0.3) is 0 Å². The molecule has 1 aromatic carbocycles. The Bertz CT molecular complexity index is 601. The molecular weight excluding hydrogens is 284 g/mol. The van der Waals surface area contributed by atoms with Crippen molar-refractivity contribution < 1.29 is 4.79 Å². The zero-order valence-electron chi connectivity index (χ0n) is 13.8. The van der Waals surface area contributed by atoms with Gasteiger partial charge in [-0.15, -0.1) is 0 Å². The minimum absolute atomic E-state index is 0.344. The molecule has 1 aromatic rings. The number of ketones is 1. The number of nitrogens with one attached hydrogen (secondary N) is 1. The minimum atomic E-state index is 0.344. The van der Waals surface area contributed by atoms with E-state index >= 15 is 0 Å². The van der Waals surface area contributed by atoms with E-state index in [2.05, 4.69) is 34.5 Å². The maximum absolute atomic E-state index is 12.7. The predicted molar refractivity (Wildman–Crippen MR) is 92.0 cm³/mol. The van der Waals surface area contributed by atoms with Crippen LogP contribution in [0.4, 0.5) is 0 Å². The summed E-state index contributed by atoms with van der Waals surface area (Å²) in [6, 6.07) is 11.2. The van der Waals surface area contributed by atoms with Crippen molar-refractivity contribution in [3.63, 3.8) is 0 Å². The summed E-state index contributed by atoms with van der Waals surface area (Å²) in [5.74, 6) is 0.698. The van der Waals surface area contributed by atoms with Gasteiger partial charge < -0.3 is 5.32 Å². The van der Waals surface area contributed by atoms with E-state index in [1.165, 1.54) is 43.4 Å². The second-order valence-corrected chi connectivity index (χ2v) is 7.27. The van der Waals surface area contributed by atoms with Gasteiger partial charge in [-0.05, 0) is 30.7 Å². The quantitative estimate of drug-likeness (QED) is 0.906. The Balaban J connectivity index is 1.49. The van der Waals surface area contributed by atoms with Crippen LogP contribution in [-0.2, 0) is 4.79 Å². The van der Waals surface area contributed by atoms with Crippen molar-refractivity contribution in [2.45, 2.75) is 56.9 Å². The van der Waals surface area contributed by atoms with E-state index in [9.17, 15) is 4.79 Å². The van der Waals surface area contributed by atoms with E-state index in [1.807, 2.05) is 6.07 Å². The Kier molecular flexibility index (Phi) is 4.21. The van der Waals surface area contributed by atoms with Crippen molar-refractivity contribution in [3.05, 3.63) is 47.2 Å². The van der Waals surface area contributed by atoms with Gasteiger partial charge in [-0.3, -0.25) is 9.69 Å². The fraction of sp³-hybridized carbons (Fsp3) is 0.550. The zero-order valence-corrected chi connectivity index (χ0v) is 13.8. The number of allylic oxidation sites excluding steroid dienone is 1. The second-order valence-electron chi connectivity index (χ2n) is 7.27. The Morgan fingerprint density at radius 3 is 2.57 bits per heavy atom. The van der Waals surface area contributed by atoms with Crippen LogP contribution < -0.4 is 5.32 Å². The van der Waals surface area contributed by atoms with Gasteiger partial charge in [0.1, 0.15) is 0 Å². The van der Waals surface area contributed by atoms with Crippen molar-refractivity contribution in [3.8, 4) is 0 Å². The average molecular weight is 310 g/mol. The first-order valence-corrected chi connectivity index (χ1v) is 9.09. The van der Waals surface area contributed by atoms with Gasteiger partial charge in [0.25, 0.3) is 0 Å². The summed E-state index contributed by atoms with van der Waals surface area (Å²) in [7, 11) is 0. The number of benzene rings is 1. The first kappa shape index (κ1) is 14.9. The van der Waals surface area contributed by atoms with Crippen molar-refractivity contribution >= 4 is 5.78 Å². The van der Waals surface area contributed by atoms with Crippen LogP contribution in [0.3, 0.4) is 0 Å². The monoisotopic (exact) mass is 310 g/mol. The molecule has 23 heavy (non-hydrogen) atoms. The van der Waals surface area contributed by atoms with Crippen molar-refractivity contribution in [2.75, 3.05) is 13.2 Å². The third-order valence-electron chi connectivity index (χ3n) is 5.80. The molecule has 3 aliphatic rings. The van der Waals surface area contributed by atoms with Gasteiger partial charge >= 0.3 is 0 Å². The number of nitrogens with zero attached hydrogens (tertiary/aromatic N) is 1. The lowest BCUT2D eigenvalue weighted by atomic mass is 9.81. The fourth-order valence-electron chi connectivity index (χ4n) is 4.44. The Morgan fingerprint density at radius 1 is 1.00 bits per heavy atom. The third kappa shape index (κ3) is 3.07. The molecule has 2 aliphatic carbocycles. The summed E-state index contributed by atoms with van der Waals surface area (Å²) in [4.78, 5) is 15.2. The average Bonchev–Trinajstić information content (AvgIpc) is 2.63. The molecule has 1 fully saturated rings. The number of carbonyl (C=O) groups excluding carboxylic acids is 1. The molecule has 0 radical (unpaired) electrons. The molecule has 3 nitrogen and oxygen atoms in total. The van der Waals surface area contributed by atoms with Crippen molar-refractivity contribution in [2.24, 2.45) is 0 Å². The number of hydrogen-bond donors (Lipinski definition) is 1. The van der Waals surface area contributed by atoms with Crippen LogP contribution in [-0.4, -0.2) is 29.9 Å². The van der Waals surface area contributed by atoms with Gasteiger partial charge in [0.15, 0.2) is 5.78 Å². The van der Waals surface area contributed by atoms with Crippen molar-refractivity contribution in [1.29, 1.82) is 0 Å². The number of Topliss-reactive ketones (excluding diaryl/α,β-unsaturated/α-hetero) is 1. The summed E-state index contributed by atoms with van der Waals surface area (Å²) in [6.07, 6.45) is 8.32. The smallest absolute Gasteiger partial charge is 0.162 e. The molecule has 0 saturated heterocycles. The molecular formula is C20H26N2O. The second kappa shape index (κ2) is 6.48. The van der Waals surface area contributed by atoms with Gasteiger partial charge in [-0.25, -0.2) is 0 Å². The lowest BCUT2D eigenvalue weighted by Crippen LogP contribution is -2.49. The highest BCUT2D eigenvalue weighted by molar-refractivity contribution is 5.98. The normalized spacial score (nSPS) is 26.8. The maximum atomic E-state index is 12.7. The van der Waals surface area contributed by atoms with Crippen LogP contribution in [0.2, 0.25) is 0 Å². The van der Waals surface area contributed by atoms with E-state index in [1.54, 1.807) is 0 Å². The highest BCUT2D eigenvalue weighted by Gasteiger charge is 2.34. The number of hydrogen-bond acceptors (Lipinski definition) is 3. The molecule has 0 aromatic heterocycles. The largest absolute Gasteiger partial charge is 0.375 e. The molecule has 122 valence electrons. The van der Waals surface area contributed by atoms with E-state index in [0.29, 0.717) is 24.2 Å². The van der Waals surface area contributed by atoms with Crippen LogP contribution >= 0.6 is 0 Å². The Hall–Kier alpha value is -1.61. The SMILES string of the molecule is O=C1CC(c2ccccc2)CC2=C1CN(C1CCCCC1)CN2. The first-order chi connectivity index (χ1) is 11.3. The van der Waals surface area contributed by atoms with Gasteiger partial charge in [-0.1, -0.05) is 49.6 Å². The van der Waals surface area contributed by atoms with Crippen LogP contribution in [0.15, 0.2) is 41.6 Å².